The maximum Gasteiger partial charge on any atom is 0.306 e. The van der Waals surface area contributed by atoms with E-state index in [-0.39, 0.29) is 0 Å². The van der Waals surface area contributed by atoms with Crippen LogP contribution in [-0.2, 0) is 11.2 Å². The summed E-state index contributed by atoms with van der Waals surface area (Å²) in [4.78, 5) is 10.9. The molecule has 19 heavy (non-hydrogen) atoms. The molecule has 6 nitrogen and oxygen atoms in total. The second kappa shape index (κ2) is 5.51. The molecule has 100 valence electrons. The summed E-state index contributed by atoms with van der Waals surface area (Å²) in [7, 11) is 1.58. The molecule has 1 aromatic heterocycles. The van der Waals surface area contributed by atoms with Gasteiger partial charge in [-0.05, 0) is 12.1 Å². The fourth-order valence-corrected chi connectivity index (χ4v) is 1.80. The molecule has 0 aliphatic heterocycles. The molecule has 0 aliphatic rings. The van der Waals surface area contributed by atoms with Gasteiger partial charge >= 0.3 is 5.97 Å². The third-order valence-corrected chi connectivity index (χ3v) is 2.87. The Morgan fingerprint density at radius 3 is 2.89 bits per heavy atom. The van der Waals surface area contributed by atoms with Gasteiger partial charge in [-0.2, -0.15) is 0 Å². The van der Waals surface area contributed by atoms with E-state index in [1.165, 1.54) is 0 Å². The maximum absolute atomic E-state index is 10.9. The van der Waals surface area contributed by atoms with Crippen molar-refractivity contribution < 1.29 is 14.6 Å². The molecular weight excluding hydrogens is 246 g/mol. The SMILES string of the molecule is COc1ccccc1-n1nncc1CC(C)C(=O)O. The van der Waals surface area contributed by atoms with Crippen LogP contribution in [0.2, 0.25) is 0 Å². The number of benzene rings is 1. The zero-order chi connectivity index (χ0) is 13.8. The molecular formula is C13H15N3O3. The molecule has 0 aliphatic carbocycles. The van der Waals surface area contributed by atoms with Crippen molar-refractivity contribution in [3.8, 4) is 11.4 Å². The molecule has 1 unspecified atom stereocenters. The first kappa shape index (κ1) is 13.1. The van der Waals surface area contributed by atoms with Gasteiger partial charge in [0, 0.05) is 6.42 Å². The van der Waals surface area contributed by atoms with Gasteiger partial charge in [-0.25, -0.2) is 4.68 Å². The van der Waals surface area contributed by atoms with Gasteiger partial charge in [0.2, 0.25) is 0 Å². The highest BCUT2D eigenvalue weighted by molar-refractivity contribution is 5.69. The van der Waals surface area contributed by atoms with Crippen LogP contribution in [0.25, 0.3) is 5.69 Å². The van der Waals surface area contributed by atoms with Gasteiger partial charge in [0.05, 0.1) is 24.9 Å². The Hall–Kier alpha value is -2.37. The van der Waals surface area contributed by atoms with Gasteiger partial charge in [-0.1, -0.05) is 24.3 Å². The standard InChI is InChI=1S/C13H15N3O3/c1-9(13(17)18)7-10-8-14-15-16(10)11-5-3-4-6-12(11)19-2/h3-6,8-9H,7H2,1-2H3,(H,17,18). The van der Waals surface area contributed by atoms with Gasteiger partial charge in [0.15, 0.2) is 0 Å². The molecule has 0 bridgehead atoms. The molecule has 0 fully saturated rings. The second-order valence-electron chi connectivity index (χ2n) is 4.25. The lowest BCUT2D eigenvalue weighted by Crippen LogP contribution is -2.15. The van der Waals surface area contributed by atoms with E-state index in [1.807, 2.05) is 24.3 Å². The summed E-state index contributed by atoms with van der Waals surface area (Å²) < 4.78 is 6.88. The minimum absolute atomic E-state index is 0.361. The lowest BCUT2D eigenvalue weighted by atomic mass is 10.1. The van der Waals surface area contributed by atoms with Crippen LogP contribution in [0.3, 0.4) is 0 Å². The highest BCUT2D eigenvalue weighted by atomic mass is 16.5. The summed E-state index contributed by atoms with van der Waals surface area (Å²) in [6, 6.07) is 7.40. The lowest BCUT2D eigenvalue weighted by Gasteiger charge is -2.11. The first-order valence-corrected chi connectivity index (χ1v) is 5.89. The van der Waals surface area contributed by atoms with Crippen LogP contribution in [0.15, 0.2) is 30.5 Å². The number of rotatable bonds is 5. The number of hydrogen-bond donors (Lipinski definition) is 1. The molecule has 0 saturated carbocycles. The van der Waals surface area contributed by atoms with Crippen LogP contribution in [0.1, 0.15) is 12.6 Å². The van der Waals surface area contributed by atoms with Crippen molar-refractivity contribution in [2.24, 2.45) is 5.92 Å². The summed E-state index contributed by atoms with van der Waals surface area (Å²) in [5.74, 6) is -0.669. The molecule has 0 spiro atoms. The summed E-state index contributed by atoms with van der Waals surface area (Å²) in [5.41, 5.74) is 1.48. The molecule has 2 rings (SSSR count). The Bertz CT molecular complexity index is 580. The largest absolute Gasteiger partial charge is 0.494 e. The highest BCUT2D eigenvalue weighted by Crippen LogP contribution is 2.23. The molecule has 6 heteroatoms. The van der Waals surface area contributed by atoms with E-state index in [9.17, 15) is 4.79 Å². The van der Waals surface area contributed by atoms with Gasteiger partial charge < -0.3 is 9.84 Å². The Labute approximate surface area is 110 Å². The number of nitrogens with zero attached hydrogens (tertiary/aromatic N) is 3. The Morgan fingerprint density at radius 2 is 2.21 bits per heavy atom. The van der Waals surface area contributed by atoms with Crippen LogP contribution in [-0.4, -0.2) is 33.2 Å². The lowest BCUT2D eigenvalue weighted by molar-refractivity contribution is -0.141. The van der Waals surface area contributed by atoms with Crippen molar-refractivity contribution in [1.82, 2.24) is 15.0 Å². The minimum Gasteiger partial charge on any atom is -0.494 e. The average Bonchev–Trinajstić information content (AvgIpc) is 2.86. The van der Waals surface area contributed by atoms with E-state index in [0.29, 0.717) is 12.2 Å². The predicted molar refractivity (Wildman–Crippen MR) is 68.4 cm³/mol. The van der Waals surface area contributed by atoms with Crippen LogP contribution >= 0.6 is 0 Å². The fraction of sp³-hybridized carbons (Fsp3) is 0.308. The van der Waals surface area contributed by atoms with Crippen LogP contribution in [0, 0.1) is 5.92 Å². The summed E-state index contributed by atoms with van der Waals surface area (Å²) >= 11 is 0. The third-order valence-electron chi connectivity index (χ3n) is 2.87. The third kappa shape index (κ3) is 2.73. The smallest absolute Gasteiger partial charge is 0.306 e. The molecule has 1 aromatic carbocycles. The monoisotopic (exact) mass is 261 g/mol. The first-order chi connectivity index (χ1) is 9.13. The summed E-state index contributed by atoms with van der Waals surface area (Å²) in [5, 5.41) is 16.8. The highest BCUT2D eigenvalue weighted by Gasteiger charge is 2.17. The predicted octanol–water partition coefficient (Wildman–Crippen LogP) is 1.54. The van der Waals surface area contributed by atoms with E-state index in [2.05, 4.69) is 10.3 Å². The van der Waals surface area contributed by atoms with Crippen molar-refractivity contribution in [2.75, 3.05) is 7.11 Å². The first-order valence-electron chi connectivity index (χ1n) is 5.89. The minimum atomic E-state index is -0.840. The van der Waals surface area contributed by atoms with E-state index < -0.39 is 11.9 Å². The molecule has 2 aromatic rings. The molecule has 1 N–H and O–H groups in total. The number of carboxylic acid groups (broad SMARTS) is 1. The fourth-order valence-electron chi connectivity index (χ4n) is 1.80. The zero-order valence-corrected chi connectivity index (χ0v) is 10.8. The van der Waals surface area contributed by atoms with E-state index in [4.69, 9.17) is 9.84 Å². The summed E-state index contributed by atoms with van der Waals surface area (Å²) in [6.07, 6.45) is 1.94. The number of carbonyl (C=O) groups is 1. The van der Waals surface area contributed by atoms with Crippen molar-refractivity contribution in [3.05, 3.63) is 36.2 Å². The number of hydrogen-bond acceptors (Lipinski definition) is 4. The Balaban J connectivity index is 2.36. The maximum atomic E-state index is 10.9. The van der Waals surface area contributed by atoms with Crippen LogP contribution in [0.5, 0.6) is 5.75 Å². The quantitative estimate of drug-likeness (QED) is 0.883. The normalized spacial score (nSPS) is 12.1. The van der Waals surface area contributed by atoms with Crippen molar-refractivity contribution in [3.63, 3.8) is 0 Å². The van der Waals surface area contributed by atoms with Crippen LogP contribution in [0.4, 0.5) is 0 Å². The number of para-hydroxylation sites is 2. The molecule has 1 atom stereocenters. The molecule has 0 saturated heterocycles. The Kier molecular flexibility index (Phi) is 3.79. The van der Waals surface area contributed by atoms with E-state index in [1.54, 1.807) is 24.9 Å². The molecule has 1 heterocycles. The Morgan fingerprint density at radius 1 is 1.47 bits per heavy atom. The van der Waals surface area contributed by atoms with Gasteiger partial charge in [0.1, 0.15) is 11.4 Å². The van der Waals surface area contributed by atoms with Crippen molar-refractivity contribution >= 4 is 5.97 Å². The van der Waals surface area contributed by atoms with Gasteiger partial charge in [-0.15, -0.1) is 5.10 Å². The van der Waals surface area contributed by atoms with Crippen LogP contribution < -0.4 is 4.74 Å². The average molecular weight is 261 g/mol. The van der Waals surface area contributed by atoms with Gasteiger partial charge in [0.25, 0.3) is 0 Å². The summed E-state index contributed by atoms with van der Waals surface area (Å²) in [6.45, 7) is 1.65. The van der Waals surface area contributed by atoms with Crippen molar-refractivity contribution in [2.45, 2.75) is 13.3 Å². The number of methoxy groups -OCH3 is 1. The van der Waals surface area contributed by atoms with E-state index in [0.717, 1.165) is 11.4 Å². The number of aliphatic carboxylic acids is 1. The van der Waals surface area contributed by atoms with Crippen molar-refractivity contribution in [1.29, 1.82) is 0 Å². The zero-order valence-electron chi connectivity index (χ0n) is 10.8. The van der Waals surface area contributed by atoms with E-state index >= 15 is 0 Å². The van der Waals surface area contributed by atoms with Gasteiger partial charge in [-0.3, -0.25) is 4.79 Å². The molecule has 0 radical (unpaired) electrons. The number of carboxylic acids is 1. The molecule has 0 amide bonds. The second-order valence-corrected chi connectivity index (χ2v) is 4.25. The number of aromatic nitrogens is 3. The topological polar surface area (TPSA) is 77.2 Å². The number of ether oxygens (including phenoxy) is 1.